The fourth-order valence-corrected chi connectivity index (χ4v) is 6.90. The van der Waals surface area contributed by atoms with Crippen molar-refractivity contribution in [1.82, 2.24) is 39.2 Å². The summed E-state index contributed by atoms with van der Waals surface area (Å²) >= 11 is 0. The number of hydrogen-bond donors (Lipinski definition) is 3. The van der Waals surface area contributed by atoms with Crippen molar-refractivity contribution in [3.8, 4) is 17.1 Å². The summed E-state index contributed by atoms with van der Waals surface area (Å²) in [5.74, 6) is 0.885. The van der Waals surface area contributed by atoms with Gasteiger partial charge in [-0.25, -0.2) is 27.3 Å². The van der Waals surface area contributed by atoms with E-state index in [2.05, 4.69) is 32.1 Å². The summed E-state index contributed by atoms with van der Waals surface area (Å²) in [5.41, 5.74) is 1.28. The zero-order valence-electron chi connectivity index (χ0n) is 24.1. The number of nitrogens with zero attached hydrogens (tertiary/aromatic N) is 5. The van der Waals surface area contributed by atoms with Crippen LogP contribution in [0.2, 0.25) is 0 Å². The van der Waals surface area contributed by atoms with E-state index in [0.717, 1.165) is 45.1 Å². The van der Waals surface area contributed by atoms with E-state index in [1.54, 1.807) is 22.8 Å². The maximum Gasteiger partial charge on any atom is 0.336 e. The molecule has 0 aliphatic heterocycles. The average molecular weight is 585 g/mol. The lowest BCUT2D eigenvalue weighted by Crippen LogP contribution is -2.53. The molecular formula is C28H40N8O4S. The van der Waals surface area contributed by atoms with Crippen LogP contribution in [0, 0.1) is 0 Å². The van der Waals surface area contributed by atoms with Crippen LogP contribution in [0.5, 0.6) is 5.75 Å². The largest absolute Gasteiger partial charge is 0.493 e. The van der Waals surface area contributed by atoms with Gasteiger partial charge >= 0.3 is 5.69 Å². The number of sulfonamides is 1. The molecule has 1 aliphatic rings. The number of hydrogen-bond acceptors (Lipinski definition) is 8. The molecule has 3 N–H and O–H groups in total. The van der Waals surface area contributed by atoms with Crippen molar-refractivity contribution < 1.29 is 13.2 Å². The predicted molar refractivity (Wildman–Crippen MR) is 158 cm³/mol. The predicted octanol–water partition coefficient (Wildman–Crippen LogP) is 3.61. The maximum absolute atomic E-state index is 13.6. The normalized spacial score (nSPS) is 15.9. The summed E-state index contributed by atoms with van der Waals surface area (Å²) in [7, 11) is -3.84. The lowest BCUT2D eigenvalue weighted by Gasteiger charge is -2.34. The highest BCUT2D eigenvalue weighted by Crippen LogP contribution is 2.33. The Labute approximate surface area is 240 Å². The van der Waals surface area contributed by atoms with Crippen LogP contribution in [0.3, 0.4) is 0 Å². The number of nitrogens with one attached hydrogen (secondary N) is 3. The molecule has 1 aliphatic carbocycles. The molecule has 1 aromatic carbocycles. The van der Waals surface area contributed by atoms with E-state index in [0.29, 0.717) is 53.6 Å². The number of benzene rings is 1. The number of imidazole rings is 1. The highest BCUT2D eigenvalue weighted by atomic mass is 32.2. The quantitative estimate of drug-likeness (QED) is 0.214. The molecule has 3 heterocycles. The zero-order chi connectivity index (χ0) is 29.0. The van der Waals surface area contributed by atoms with Gasteiger partial charge in [-0.3, -0.25) is 4.57 Å². The summed E-state index contributed by atoms with van der Waals surface area (Å²) in [6.45, 7) is 8.06. The van der Waals surface area contributed by atoms with Crippen LogP contribution in [0.4, 0.5) is 0 Å². The van der Waals surface area contributed by atoms with Gasteiger partial charge in [0.2, 0.25) is 10.0 Å². The van der Waals surface area contributed by atoms with Gasteiger partial charge in [0.05, 0.1) is 17.1 Å². The van der Waals surface area contributed by atoms with Crippen LogP contribution in [0.15, 0.2) is 34.2 Å². The Balaban J connectivity index is 1.56. The second kappa shape index (κ2) is 12.3. The van der Waals surface area contributed by atoms with Crippen LogP contribution in [-0.2, 0) is 16.6 Å². The molecule has 1 saturated carbocycles. The maximum atomic E-state index is 13.6. The van der Waals surface area contributed by atoms with Gasteiger partial charge in [0.25, 0.3) is 0 Å². The minimum absolute atomic E-state index is 0.121. The van der Waals surface area contributed by atoms with Crippen molar-refractivity contribution >= 4 is 26.8 Å². The molecule has 4 aromatic rings. The van der Waals surface area contributed by atoms with Gasteiger partial charge in [0, 0.05) is 18.6 Å². The van der Waals surface area contributed by atoms with Crippen LogP contribution in [0.25, 0.3) is 28.2 Å². The average Bonchev–Trinajstić information content (AvgIpc) is 3.57. The minimum atomic E-state index is -3.84. The van der Waals surface area contributed by atoms with Gasteiger partial charge in [-0.1, -0.05) is 46.5 Å². The third-order valence-corrected chi connectivity index (χ3v) is 9.19. The van der Waals surface area contributed by atoms with E-state index in [1.165, 1.54) is 23.6 Å². The number of aromatic amines is 1. The Morgan fingerprint density at radius 3 is 2.56 bits per heavy atom. The Bertz CT molecular complexity index is 1670. The molecule has 3 aromatic heterocycles. The van der Waals surface area contributed by atoms with Crippen LogP contribution in [0.1, 0.15) is 72.1 Å². The van der Waals surface area contributed by atoms with Gasteiger partial charge in [0.1, 0.15) is 23.4 Å². The summed E-state index contributed by atoms with van der Waals surface area (Å²) in [6.07, 6.45) is 9.27. The monoisotopic (exact) mass is 584 g/mol. The number of ether oxygens (including phenoxy) is 1. The summed E-state index contributed by atoms with van der Waals surface area (Å²) < 4.78 is 39.1. The number of aromatic nitrogens is 6. The van der Waals surface area contributed by atoms with Gasteiger partial charge in [-0.15, -0.1) is 10.2 Å². The third-order valence-electron chi connectivity index (χ3n) is 7.79. The molecule has 12 nitrogen and oxygen atoms in total. The molecule has 0 amide bonds. The van der Waals surface area contributed by atoms with E-state index in [9.17, 15) is 13.2 Å². The molecule has 0 atom stereocenters. The highest BCUT2D eigenvalue weighted by Gasteiger charge is 2.32. The first-order valence-corrected chi connectivity index (χ1v) is 16.1. The van der Waals surface area contributed by atoms with E-state index < -0.39 is 10.0 Å². The molecule has 0 spiro atoms. The van der Waals surface area contributed by atoms with Gasteiger partial charge < -0.3 is 15.0 Å². The second-order valence-corrected chi connectivity index (χ2v) is 12.6. The van der Waals surface area contributed by atoms with Crippen molar-refractivity contribution in [3.05, 3.63) is 35.0 Å². The number of aryl methyl sites for hydroxylation is 1. The first-order valence-electron chi connectivity index (χ1n) is 14.7. The first-order chi connectivity index (χ1) is 19.8. The first kappa shape index (κ1) is 29.2. The van der Waals surface area contributed by atoms with Gasteiger partial charge in [-0.2, -0.15) is 0 Å². The molecule has 1 fully saturated rings. The van der Waals surface area contributed by atoms with E-state index in [-0.39, 0.29) is 16.1 Å². The number of rotatable bonds is 12. The molecular weight excluding hydrogens is 544 g/mol. The van der Waals surface area contributed by atoms with Crippen molar-refractivity contribution in [3.63, 3.8) is 0 Å². The third kappa shape index (κ3) is 5.88. The Hall–Kier alpha value is -3.29. The zero-order valence-corrected chi connectivity index (χ0v) is 24.9. The molecule has 0 saturated heterocycles. The van der Waals surface area contributed by atoms with E-state index >= 15 is 0 Å². The molecule has 5 rings (SSSR count). The fraction of sp³-hybridized carbons (Fsp3) is 0.571. The molecule has 222 valence electrons. The minimum Gasteiger partial charge on any atom is -0.493 e. The van der Waals surface area contributed by atoms with E-state index in [1.807, 2.05) is 13.8 Å². The fourth-order valence-electron chi connectivity index (χ4n) is 5.75. The molecule has 13 heteroatoms. The Morgan fingerprint density at radius 1 is 1.07 bits per heavy atom. The molecule has 0 radical (unpaired) electrons. The summed E-state index contributed by atoms with van der Waals surface area (Å²) in [6, 6.07) is 4.82. The second-order valence-electron chi connectivity index (χ2n) is 10.8. The van der Waals surface area contributed by atoms with Crippen molar-refractivity contribution in [2.75, 3.05) is 19.7 Å². The van der Waals surface area contributed by atoms with Crippen LogP contribution in [-0.4, -0.2) is 62.8 Å². The van der Waals surface area contributed by atoms with Crippen molar-refractivity contribution in [2.45, 2.75) is 89.1 Å². The molecule has 0 unspecified atom stereocenters. The van der Waals surface area contributed by atoms with Crippen molar-refractivity contribution in [2.24, 2.45) is 0 Å². The van der Waals surface area contributed by atoms with Gasteiger partial charge in [-0.05, 0) is 50.4 Å². The summed E-state index contributed by atoms with van der Waals surface area (Å²) in [5, 5.41) is 11.6. The van der Waals surface area contributed by atoms with Crippen molar-refractivity contribution in [1.29, 1.82) is 0 Å². The lowest BCUT2D eigenvalue weighted by molar-refractivity contribution is 0.290. The van der Waals surface area contributed by atoms with Gasteiger partial charge in [0.15, 0.2) is 11.3 Å². The standard InChI is InChI=1S/C28H40N8O4S/c1-4-15-35-25-23(26-34-30-19-36(26)27(35)37)32-24(33-25)21-17-20(11-12-22(21)40-16-5-2)41(38,39)31-18-28(29-6-3)13-9-7-8-10-14-28/h11-12,17,19,29,31H,4-10,13-16,18H2,1-3H3,(H,32,33). The lowest BCUT2D eigenvalue weighted by atomic mass is 9.90. The number of likely N-dealkylation sites (N-methyl/N-ethyl adjacent to an activating group) is 1. The highest BCUT2D eigenvalue weighted by molar-refractivity contribution is 7.89. The van der Waals surface area contributed by atoms with E-state index in [4.69, 9.17) is 9.72 Å². The number of fused-ring (bicyclic) bond motifs is 3. The van der Waals surface area contributed by atoms with Crippen LogP contribution >= 0.6 is 0 Å². The molecule has 41 heavy (non-hydrogen) atoms. The Kier molecular flexibility index (Phi) is 8.76. The molecule has 0 bridgehead atoms. The smallest absolute Gasteiger partial charge is 0.336 e. The number of H-pyrrole nitrogens is 1. The van der Waals surface area contributed by atoms with Crippen LogP contribution < -0.4 is 20.5 Å². The summed E-state index contributed by atoms with van der Waals surface area (Å²) in [4.78, 5) is 21.3. The topological polar surface area (TPSA) is 148 Å². The Morgan fingerprint density at radius 2 is 1.85 bits per heavy atom. The SMILES string of the molecule is CCCOc1ccc(S(=O)(=O)NCC2(NCC)CCCCCC2)cc1-c1nc2c([nH]1)c1nncn1c(=O)n2CCC.